The van der Waals surface area contributed by atoms with E-state index in [0.717, 1.165) is 12.8 Å². The van der Waals surface area contributed by atoms with Crippen molar-refractivity contribution in [2.75, 3.05) is 31.5 Å². The van der Waals surface area contributed by atoms with E-state index < -0.39 is 10.0 Å². The van der Waals surface area contributed by atoms with Gasteiger partial charge in [-0.15, -0.1) is 0 Å². The number of aromatic nitrogens is 2. The Bertz CT molecular complexity index is 1320. The highest BCUT2D eigenvalue weighted by atomic mass is 32.2. The maximum Gasteiger partial charge on any atom is 0.258 e. The first kappa shape index (κ1) is 23.1. The fraction of sp³-hybridized carbons (Fsp3) is 0.348. The van der Waals surface area contributed by atoms with Gasteiger partial charge in [-0.05, 0) is 49.7 Å². The van der Waals surface area contributed by atoms with Crippen molar-refractivity contribution in [3.8, 4) is 0 Å². The molecule has 10 heteroatoms. The van der Waals surface area contributed by atoms with Crippen LogP contribution in [0, 0.1) is 0 Å². The van der Waals surface area contributed by atoms with Gasteiger partial charge in [-0.3, -0.25) is 14.5 Å². The number of aromatic amines is 1. The fourth-order valence-electron chi connectivity index (χ4n) is 3.92. The molecule has 2 N–H and O–H groups in total. The minimum absolute atomic E-state index is 0.0656. The summed E-state index contributed by atoms with van der Waals surface area (Å²) in [7, 11) is -3.56. The molecule has 0 spiro atoms. The zero-order valence-electron chi connectivity index (χ0n) is 18.5. The molecule has 0 saturated carbocycles. The molecule has 1 fully saturated rings. The second kappa shape index (κ2) is 9.82. The highest BCUT2D eigenvalue weighted by molar-refractivity contribution is 7.89. The van der Waals surface area contributed by atoms with E-state index in [0.29, 0.717) is 48.6 Å². The largest absolute Gasteiger partial charge is 0.325 e. The number of benzene rings is 2. The summed E-state index contributed by atoms with van der Waals surface area (Å²) in [4.78, 5) is 34.2. The second-order valence-electron chi connectivity index (χ2n) is 8.02. The molecule has 174 valence electrons. The predicted octanol–water partition coefficient (Wildman–Crippen LogP) is 2.17. The lowest BCUT2D eigenvalue weighted by Crippen LogP contribution is -2.34. The van der Waals surface area contributed by atoms with Crippen LogP contribution in [0.3, 0.4) is 0 Å². The SMILES string of the molecule is CCN(CC(=O)Nc1cccc(S(=O)(=O)N2CCCC2)c1)Cc1nc2ccccc2c(=O)[nH]1. The van der Waals surface area contributed by atoms with Crippen LogP contribution in [-0.4, -0.2) is 59.7 Å². The van der Waals surface area contributed by atoms with Crippen LogP contribution in [0.2, 0.25) is 0 Å². The van der Waals surface area contributed by atoms with E-state index in [1.165, 1.54) is 10.4 Å². The molecule has 2 heterocycles. The summed E-state index contributed by atoms with van der Waals surface area (Å²) in [5.74, 6) is 0.197. The average molecular weight is 470 g/mol. The van der Waals surface area contributed by atoms with Crippen molar-refractivity contribution < 1.29 is 13.2 Å². The van der Waals surface area contributed by atoms with Gasteiger partial charge in [0.05, 0.1) is 28.9 Å². The number of likely N-dealkylation sites (N-methyl/N-ethyl adjacent to an activating group) is 1. The average Bonchev–Trinajstić information content (AvgIpc) is 3.35. The third-order valence-corrected chi connectivity index (χ3v) is 7.56. The number of hydrogen-bond acceptors (Lipinski definition) is 6. The minimum Gasteiger partial charge on any atom is -0.325 e. The van der Waals surface area contributed by atoms with Gasteiger partial charge in [0.1, 0.15) is 5.82 Å². The lowest BCUT2D eigenvalue weighted by atomic mass is 10.2. The number of carbonyl (C=O) groups is 1. The van der Waals surface area contributed by atoms with E-state index in [2.05, 4.69) is 15.3 Å². The number of para-hydroxylation sites is 1. The van der Waals surface area contributed by atoms with Crippen molar-refractivity contribution in [3.63, 3.8) is 0 Å². The van der Waals surface area contributed by atoms with E-state index in [9.17, 15) is 18.0 Å². The van der Waals surface area contributed by atoms with Crippen molar-refractivity contribution in [3.05, 3.63) is 64.7 Å². The highest BCUT2D eigenvalue weighted by Crippen LogP contribution is 2.23. The van der Waals surface area contributed by atoms with Crippen LogP contribution >= 0.6 is 0 Å². The molecule has 0 aliphatic carbocycles. The van der Waals surface area contributed by atoms with Crippen LogP contribution in [0.5, 0.6) is 0 Å². The number of fused-ring (bicyclic) bond motifs is 1. The van der Waals surface area contributed by atoms with Gasteiger partial charge in [0.15, 0.2) is 0 Å². The van der Waals surface area contributed by atoms with Gasteiger partial charge < -0.3 is 10.3 Å². The molecule has 1 aromatic heterocycles. The molecular weight excluding hydrogens is 442 g/mol. The van der Waals surface area contributed by atoms with Crippen LogP contribution < -0.4 is 10.9 Å². The fourth-order valence-corrected chi connectivity index (χ4v) is 5.48. The first-order valence-electron chi connectivity index (χ1n) is 11.0. The van der Waals surface area contributed by atoms with Gasteiger partial charge in [-0.2, -0.15) is 4.31 Å². The topological polar surface area (TPSA) is 115 Å². The van der Waals surface area contributed by atoms with E-state index in [-0.39, 0.29) is 22.9 Å². The monoisotopic (exact) mass is 469 g/mol. The Morgan fingerprint density at radius 2 is 1.91 bits per heavy atom. The van der Waals surface area contributed by atoms with Crippen LogP contribution in [0.4, 0.5) is 5.69 Å². The highest BCUT2D eigenvalue weighted by Gasteiger charge is 2.27. The molecule has 1 aliphatic heterocycles. The smallest absolute Gasteiger partial charge is 0.258 e. The van der Waals surface area contributed by atoms with Crippen LogP contribution in [0.1, 0.15) is 25.6 Å². The van der Waals surface area contributed by atoms with Crippen LogP contribution in [0.15, 0.2) is 58.2 Å². The molecule has 2 aromatic carbocycles. The number of hydrogen-bond donors (Lipinski definition) is 2. The molecule has 0 unspecified atom stereocenters. The van der Waals surface area contributed by atoms with Gasteiger partial charge >= 0.3 is 0 Å². The van der Waals surface area contributed by atoms with E-state index in [1.807, 2.05) is 17.9 Å². The number of amides is 1. The number of anilines is 1. The molecule has 33 heavy (non-hydrogen) atoms. The van der Waals surface area contributed by atoms with E-state index >= 15 is 0 Å². The van der Waals surface area contributed by atoms with Gasteiger partial charge in [0.25, 0.3) is 5.56 Å². The molecular formula is C23H27N5O4S. The van der Waals surface area contributed by atoms with E-state index in [4.69, 9.17) is 0 Å². The molecule has 4 rings (SSSR count). The molecule has 3 aromatic rings. The molecule has 0 atom stereocenters. The summed E-state index contributed by atoms with van der Waals surface area (Å²) in [6, 6.07) is 13.4. The van der Waals surface area contributed by atoms with Gasteiger partial charge in [0, 0.05) is 18.8 Å². The minimum atomic E-state index is -3.56. The van der Waals surface area contributed by atoms with Gasteiger partial charge in [-0.25, -0.2) is 13.4 Å². The normalized spacial score (nSPS) is 14.7. The first-order valence-corrected chi connectivity index (χ1v) is 12.4. The Labute approximate surface area is 192 Å². The number of nitrogens with zero attached hydrogens (tertiary/aromatic N) is 3. The predicted molar refractivity (Wildman–Crippen MR) is 126 cm³/mol. The number of nitrogens with one attached hydrogen (secondary N) is 2. The van der Waals surface area contributed by atoms with Crippen LogP contribution in [-0.2, 0) is 21.4 Å². The Kier molecular flexibility index (Phi) is 6.87. The Balaban J connectivity index is 1.43. The third-order valence-electron chi connectivity index (χ3n) is 5.67. The zero-order valence-corrected chi connectivity index (χ0v) is 19.3. The Morgan fingerprint density at radius 3 is 2.67 bits per heavy atom. The van der Waals surface area contributed by atoms with Crippen molar-refractivity contribution in [1.29, 1.82) is 0 Å². The lowest BCUT2D eigenvalue weighted by molar-refractivity contribution is -0.117. The number of sulfonamides is 1. The summed E-state index contributed by atoms with van der Waals surface area (Å²) in [6.07, 6.45) is 1.72. The Morgan fingerprint density at radius 1 is 1.15 bits per heavy atom. The molecule has 0 bridgehead atoms. The molecule has 9 nitrogen and oxygen atoms in total. The van der Waals surface area contributed by atoms with Crippen molar-refractivity contribution in [2.24, 2.45) is 0 Å². The van der Waals surface area contributed by atoms with Crippen LogP contribution in [0.25, 0.3) is 10.9 Å². The summed E-state index contributed by atoms with van der Waals surface area (Å²) < 4.78 is 27.1. The molecule has 1 amide bonds. The standard InChI is InChI=1S/C23H27N5O4S/c1-2-27(15-21-25-20-11-4-3-10-19(20)23(30)26-21)16-22(29)24-17-8-7-9-18(14-17)33(31,32)28-12-5-6-13-28/h3-4,7-11,14H,2,5-6,12-13,15-16H2,1H3,(H,24,29)(H,25,26,30). The maximum absolute atomic E-state index is 12.8. The Hall–Kier alpha value is -3.08. The summed E-state index contributed by atoms with van der Waals surface area (Å²) in [6.45, 7) is 3.89. The molecule has 0 radical (unpaired) electrons. The zero-order chi connectivity index (χ0) is 23.4. The summed E-state index contributed by atoms with van der Waals surface area (Å²) in [5.41, 5.74) is 0.813. The summed E-state index contributed by atoms with van der Waals surface area (Å²) in [5, 5.41) is 3.30. The van der Waals surface area contributed by atoms with Crippen molar-refractivity contribution in [1.82, 2.24) is 19.2 Å². The number of H-pyrrole nitrogens is 1. The quantitative estimate of drug-likeness (QED) is 0.522. The number of carbonyl (C=O) groups excluding carboxylic acids is 1. The molecule has 1 saturated heterocycles. The van der Waals surface area contributed by atoms with Crippen molar-refractivity contribution >= 4 is 32.5 Å². The van der Waals surface area contributed by atoms with Crippen molar-refractivity contribution in [2.45, 2.75) is 31.2 Å². The second-order valence-corrected chi connectivity index (χ2v) is 9.96. The first-order chi connectivity index (χ1) is 15.9. The lowest BCUT2D eigenvalue weighted by Gasteiger charge is -2.20. The molecule has 1 aliphatic rings. The number of rotatable bonds is 8. The maximum atomic E-state index is 12.8. The summed E-state index contributed by atoms with van der Waals surface area (Å²) >= 11 is 0. The van der Waals surface area contributed by atoms with E-state index in [1.54, 1.807) is 36.4 Å². The van der Waals surface area contributed by atoms with Gasteiger partial charge in [-0.1, -0.05) is 25.1 Å². The van der Waals surface area contributed by atoms with Gasteiger partial charge in [0.2, 0.25) is 15.9 Å². The third kappa shape index (κ3) is 5.29.